The van der Waals surface area contributed by atoms with Crippen LogP contribution in [-0.4, -0.2) is 32.3 Å². The Morgan fingerprint density at radius 1 is 1.28 bits per heavy atom. The van der Waals surface area contributed by atoms with Gasteiger partial charge in [-0.1, -0.05) is 11.6 Å². The number of anilines is 1. The smallest absolute Gasteiger partial charge is 0.0642 e. The predicted octanol–water partition coefficient (Wildman–Crippen LogP) is 2.43. The van der Waals surface area contributed by atoms with Crippen LogP contribution in [0.25, 0.3) is 0 Å². The van der Waals surface area contributed by atoms with Gasteiger partial charge in [0.25, 0.3) is 0 Å². The topological polar surface area (TPSA) is 24.5 Å². The lowest BCUT2D eigenvalue weighted by Crippen LogP contribution is -2.37. The van der Waals surface area contributed by atoms with Crippen LogP contribution in [0.2, 0.25) is 5.02 Å². The molecule has 18 heavy (non-hydrogen) atoms. The summed E-state index contributed by atoms with van der Waals surface area (Å²) in [5.41, 5.74) is 2.60. The molecule has 0 aromatic heterocycles. The highest BCUT2D eigenvalue weighted by Gasteiger charge is 2.21. The number of benzene rings is 1. The van der Waals surface area contributed by atoms with Crippen LogP contribution in [0.3, 0.4) is 0 Å². The fourth-order valence-corrected chi connectivity index (χ4v) is 2.54. The standard InChI is InChI=1S/C14H19ClN2O/c15-12-1-4-14(17-5-7-18-8-6-17)11(9-12)10-16-13-2-3-13/h1,4,9,13,16H,2-3,5-8,10H2. The Labute approximate surface area is 113 Å². The van der Waals surface area contributed by atoms with Crippen molar-refractivity contribution in [3.05, 3.63) is 28.8 Å². The summed E-state index contributed by atoms with van der Waals surface area (Å²) in [7, 11) is 0. The van der Waals surface area contributed by atoms with Crippen LogP contribution < -0.4 is 10.2 Å². The molecule has 1 heterocycles. The minimum absolute atomic E-state index is 0.724. The van der Waals surface area contributed by atoms with E-state index in [9.17, 15) is 0 Å². The van der Waals surface area contributed by atoms with E-state index in [-0.39, 0.29) is 0 Å². The van der Waals surface area contributed by atoms with Gasteiger partial charge in [-0.2, -0.15) is 0 Å². The summed E-state index contributed by atoms with van der Waals surface area (Å²) in [6, 6.07) is 6.92. The first-order chi connectivity index (χ1) is 8.83. The fraction of sp³-hybridized carbons (Fsp3) is 0.571. The van der Waals surface area contributed by atoms with Gasteiger partial charge in [0.05, 0.1) is 13.2 Å². The highest BCUT2D eigenvalue weighted by molar-refractivity contribution is 6.30. The molecule has 4 heteroatoms. The van der Waals surface area contributed by atoms with Crippen molar-refractivity contribution in [2.24, 2.45) is 0 Å². The van der Waals surface area contributed by atoms with Gasteiger partial charge in [-0.25, -0.2) is 0 Å². The SMILES string of the molecule is Clc1ccc(N2CCOCC2)c(CNC2CC2)c1. The normalized spacial score (nSPS) is 20.2. The van der Waals surface area contributed by atoms with Gasteiger partial charge in [0, 0.05) is 36.4 Å². The van der Waals surface area contributed by atoms with E-state index in [2.05, 4.69) is 22.3 Å². The number of halogens is 1. The monoisotopic (exact) mass is 266 g/mol. The molecule has 0 unspecified atom stereocenters. The maximum atomic E-state index is 6.12. The van der Waals surface area contributed by atoms with Crippen LogP contribution in [0, 0.1) is 0 Å². The molecule has 1 aliphatic carbocycles. The molecule has 2 fully saturated rings. The van der Waals surface area contributed by atoms with E-state index in [1.807, 2.05) is 6.07 Å². The Kier molecular flexibility index (Phi) is 3.73. The third kappa shape index (κ3) is 2.97. The second-order valence-corrected chi connectivity index (χ2v) is 5.46. The summed E-state index contributed by atoms with van der Waals surface area (Å²) in [5.74, 6) is 0. The number of nitrogens with one attached hydrogen (secondary N) is 1. The van der Waals surface area contributed by atoms with Crippen molar-refractivity contribution in [2.75, 3.05) is 31.2 Å². The number of ether oxygens (including phenoxy) is 1. The molecule has 1 N–H and O–H groups in total. The zero-order chi connectivity index (χ0) is 12.4. The second-order valence-electron chi connectivity index (χ2n) is 5.03. The van der Waals surface area contributed by atoms with Crippen molar-refractivity contribution >= 4 is 17.3 Å². The molecule has 0 amide bonds. The molecule has 3 rings (SSSR count). The van der Waals surface area contributed by atoms with Crippen molar-refractivity contribution in [3.8, 4) is 0 Å². The number of rotatable bonds is 4. The van der Waals surface area contributed by atoms with E-state index < -0.39 is 0 Å². The van der Waals surface area contributed by atoms with Gasteiger partial charge in [-0.15, -0.1) is 0 Å². The molecule has 2 aliphatic rings. The Bertz CT molecular complexity index is 414. The lowest BCUT2D eigenvalue weighted by molar-refractivity contribution is 0.122. The minimum atomic E-state index is 0.724. The van der Waals surface area contributed by atoms with E-state index in [4.69, 9.17) is 16.3 Å². The van der Waals surface area contributed by atoms with Crippen LogP contribution in [0.5, 0.6) is 0 Å². The van der Waals surface area contributed by atoms with E-state index in [0.717, 1.165) is 43.9 Å². The van der Waals surface area contributed by atoms with Crippen LogP contribution in [0.1, 0.15) is 18.4 Å². The van der Waals surface area contributed by atoms with E-state index in [1.54, 1.807) is 0 Å². The molecular weight excluding hydrogens is 248 g/mol. The summed E-state index contributed by atoms with van der Waals surface area (Å²) < 4.78 is 5.41. The van der Waals surface area contributed by atoms with Crippen molar-refractivity contribution < 1.29 is 4.74 Å². The number of hydrogen-bond donors (Lipinski definition) is 1. The van der Waals surface area contributed by atoms with Gasteiger partial charge in [0.1, 0.15) is 0 Å². The Morgan fingerprint density at radius 2 is 2.06 bits per heavy atom. The summed E-state index contributed by atoms with van der Waals surface area (Å²) in [6.07, 6.45) is 2.63. The minimum Gasteiger partial charge on any atom is -0.378 e. The number of hydrogen-bond acceptors (Lipinski definition) is 3. The van der Waals surface area contributed by atoms with Crippen LogP contribution in [0.15, 0.2) is 18.2 Å². The van der Waals surface area contributed by atoms with Crippen LogP contribution in [-0.2, 0) is 11.3 Å². The Morgan fingerprint density at radius 3 is 2.78 bits per heavy atom. The molecule has 0 radical (unpaired) electrons. The quantitative estimate of drug-likeness (QED) is 0.906. The first-order valence-electron chi connectivity index (χ1n) is 6.67. The molecule has 98 valence electrons. The predicted molar refractivity (Wildman–Crippen MR) is 74.3 cm³/mol. The van der Waals surface area contributed by atoms with E-state index in [0.29, 0.717) is 0 Å². The van der Waals surface area contributed by atoms with Gasteiger partial charge in [0.2, 0.25) is 0 Å². The molecule has 1 saturated heterocycles. The molecule has 0 atom stereocenters. The second kappa shape index (κ2) is 5.47. The average Bonchev–Trinajstić information content (AvgIpc) is 3.21. The molecular formula is C14H19ClN2O. The summed E-state index contributed by atoms with van der Waals surface area (Å²) in [6.45, 7) is 4.49. The largest absolute Gasteiger partial charge is 0.378 e. The maximum absolute atomic E-state index is 6.12. The fourth-order valence-electron chi connectivity index (χ4n) is 2.35. The van der Waals surface area contributed by atoms with Gasteiger partial charge in [0.15, 0.2) is 0 Å². The molecule has 1 aromatic carbocycles. The number of nitrogens with zero attached hydrogens (tertiary/aromatic N) is 1. The lowest BCUT2D eigenvalue weighted by atomic mass is 10.1. The first-order valence-corrected chi connectivity index (χ1v) is 7.05. The Balaban J connectivity index is 1.76. The molecule has 0 bridgehead atoms. The number of morpholine rings is 1. The lowest BCUT2D eigenvalue weighted by Gasteiger charge is -2.30. The zero-order valence-corrected chi connectivity index (χ0v) is 11.2. The van der Waals surface area contributed by atoms with E-state index >= 15 is 0 Å². The Hall–Kier alpha value is -0.770. The summed E-state index contributed by atoms with van der Waals surface area (Å²) in [5, 5.41) is 4.38. The van der Waals surface area contributed by atoms with Crippen molar-refractivity contribution in [1.29, 1.82) is 0 Å². The highest BCUT2D eigenvalue weighted by Crippen LogP contribution is 2.27. The average molecular weight is 267 g/mol. The van der Waals surface area contributed by atoms with Crippen LogP contribution in [0.4, 0.5) is 5.69 Å². The summed E-state index contributed by atoms with van der Waals surface area (Å²) >= 11 is 6.12. The van der Waals surface area contributed by atoms with Crippen molar-refractivity contribution in [3.63, 3.8) is 0 Å². The molecule has 1 aromatic rings. The van der Waals surface area contributed by atoms with Gasteiger partial charge in [-0.05, 0) is 36.6 Å². The van der Waals surface area contributed by atoms with E-state index in [1.165, 1.54) is 24.1 Å². The third-order valence-electron chi connectivity index (χ3n) is 3.55. The van der Waals surface area contributed by atoms with Gasteiger partial charge < -0.3 is 15.0 Å². The van der Waals surface area contributed by atoms with Crippen molar-refractivity contribution in [1.82, 2.24) is 5.32 Å². The van der Waals surface area contributed by atoms with Gasteiger partial charge >= 0.3 is 0 Å². The van der Waals surface area contributed by atoms with Gasteiger partial charge in [-0.3, -0.25) is 0 Å². The molecule has 1 saturated carbocycles. The summed E-state index contributed by atoms with van der Waals surface area (Å²) in [4.78, 5) is 2.39. The first kappa shape index (κ1) is 12.3. The maximum Gasteiger partial charge on any atom is 0.0642 e. The van der Waals surface area contributed by atoms with Crippen LogP contribution >= 0.6 is 11.6 Å². The third-order valence-corrected chi connectivity index (χ3v) is 3.79. The molecule has 3 nitrogen and oxygen atoms in total. The highest BCUT2D eigenvalue weighted by atomic mass is 35.5. The van der Waals surface area contributed by atoms with Crippen molar-refractivity contribution in [2.45, 2.75) is 25.4 Å². The molecule has 0 spiro atoms. The molecule has 1 aliphatic heterocycles. The zero-order valence-electron chi connectivity index (χ0n) is 10.5.